The topological polar surface area (TPSA) is 21.4 Å². The lowest BCUT2D eigenvalue weighted by Gasteiger charge is -2.06. The fourth-order valence-corrected chi connectivity index (χ4v) is 2.11. The number of carbonyl (C=O) groups is 1. The second-order valence-electron chi connectivity index (χ2n) is 2.97. The van der Waals surface area contributed by atoms with Gasteiger partial charge >= 0.3 is 0 Å². The normalized spacial score (nSPS) is 11.8. The summed E-state index contributed by atoms with van der Waals surface area (Å²) in [6.45, 7) is 6.85. The lowest BCUT2D eigenvalue weighted by Crippen LogP contribution is -2.14. The highest BCUT2D eigenvalue weighted by Crippen LogP contribution is 2.19. The number of nitrogens with zero attached hydrogens (tertiary/aromatic N) is 1. The molecule has 1 aromatic rings. The fraction of sp³-hybridized carbons (Fsp3) is 0.273. The third-order valence-corrected chi connectivity index (χ3v) is 3.00. The zero-order valence-electron chi connectivity index (χ0n) is 7.91. The smallest absolute Gasteiger partial charge is 0.187 e. The van der Waals surface area contributed by atoms with E-state index >= 15 is 0 Å². The van der Waals surface area contributed by atoms with Crippen molar-refractivity contribution in [3.8, 4) is 0 Å². The van der Waals surface area contributed by atoms with Crippen LogP contribution in [0.15, 0.2) is 24.3 Å². The third-order valence-electron chi connectivity index (χ3n) is 1.91. The molecule has 78 valence electrons. The van der Waals surface area contributed by atoms with Crippen LogP contribution in [0.25, 0.3) is 4.85 Å². The van der Waals surface area contributed by atoms with Gasteiger partial charge in [-0.3, -0.25) is 4.79 Å². The van der Waals surface area contributed by atoms with Crippen molar-refractivity contribution in [1.29, 1.82) is 0 Å². The molecule has 0 aliphatic carbocycles. The summed E-state index contributed by atoms with van der Waals surface area (Å²) in [7, 11) is 0. The molecule has 15 heavy (non-hydrogen) atoms. The van der Waals surface area contributed by atoms with Crippen LogP contribution in [0.1, 0.15) is 16.8 Å². The summed E-state index contributed by atoms with van der Waals surface area (Å²) < 4.78 is 0. The summed E-state index contributed by atoms with van der Waals surface area (Å²) in [4.78, 5) is 14.8. The van der Waals surface area contributed by atoms with Gasteiger partial charge in [-0.2, -0.15) is 0 Å². The standard InChI is InChI=1S/C11H9BrClNO/c1-14-9-4-2-3-8(7-9)11(15)10(12)5-6-13/h2-4,7,10H,5-6H2. The van der Waals surface area contributed by atoms with Crippen molar-refractivity contribution in [3.05, 3.63) is 41.2 Å². The molecule has 0 amide bonds. The maximum Gasteiger partial charge on any atom is 0.187 e. The summed E-state index contributed by atoms with van der Waals surface area (Å²) in [5, 5.41) is 0. The second-order valence-corrected chi connectivity index (χ2v) is 4.45. The number of hydrogen-bond donors (Lipinski definition) is 0. The van der Waals surface area contributed by atoms with Crippen LogP contribution < -0.4 is 0 Å². The molecule has 1 atom stereocenters. The highest BCUT2D eigenvalue weighted by molar-refractivity contribution is 9.10. The molecule has 0 N–H and O–H groups in total. The van der Waals surface area contributed by atoms with Gasteiger partial charge in [0.1, 0.15) is 0 Å². The third kappa shape index (κ3) is 3.33. The monoisotopic (exact) mass is 285 g/mol. The van der Waals surface area contributed by atoms with Gasteiger partial charge in [-0.05, 0) is 12.5 Å². The fourth-order valence-electron chi connectivity index (χ4n) is 1.14. The highest BCUT2D eigenvalue weighted by atomic mass is 79.9. The molecule has 0 bridgehead atoms. The van der Waals surface area contributed by atoms with E-state index < -0.39 is 0 Å². The Morgan fingerprint density at radius 3 is 2.93 bits per heavy atom. The van der Waals surface area contributed by atoms with Crippen LogP contribution in [0.2, 0.25) is 0 Å². The Bertz CT molecular complexity index is 400. The first kappa shape index (κ1) is 12.2. The predicted octanol–water partition coefficient (Wildman–Crippen LogP) is 3.81. The van der Waals surface area contributed by atoms with E-state index in [9.17, 15) is 4.79 Å². The molecule has 0 aliphatic rings. The van der Waals surface area contributed by atoms with Crippen LogP contribution in [0.3, 0.4) is 0 Å². The number of halogens is 2. The molecule has 0 radical (unpaired) electrons. The van der Waals surface area contributed by atoms with E-state index in [0.29, 0.717) is 23.6 Å². The van der Waals surface area contributed by atoms with E-state index in [-0.39, 0.29) is 10.6 Å². The lowest BCUT2D eigenvalue weighted by molar-refractivity contribution is 0.0990. The Morgan fingerprint density at radius 1 is 1.60 bits per heavy atom. The highest BCUT2D eigenvalue weighted by Gasteiger charge is 2.16. The Labute approximate surface area is 102 Å². The minimum absolute atomic E-state index is 0.0267. The number of hydrogen-bond acceptors (Lipinski definition) is 1. The summed E-state index contributed by atoms with van der Waals surface area (Å²) in [6.07, 6.45) is 0.586. The molecule has 0 spiro atoms. The largest absolute Gasteiger partial charge is 0.293 e. The average Bonchev–Trinajstić information content (AvgIpc) is 2.28. The number of carbonyl (C=O) groups excluding carboxylic acids is 1. The van der Waals surface area contributed by atoms with E-state index in [1.54, 1.807) is 24.3 Å². The van der Waals surface area contributed by atoms with Crippen molar-refractivity contribution in [3.63, 3.8) is 0 Å². The average molecular weight is 287 g/mol. The zero-order valence-corrected chi connectivity index (χ0v) is 10.3. The van der Waals surface area contributed by atoms with Crippen LogP contribution in [0.4, 0.5) is 5.69 Å². The quantitative estimate of drug-likeness (QED) is 0.468. The molecule has 2 nitrogen and oxygen atoms in total. The first-order chi connectivity index (χ1) is 7.19. The number of benzene rings is 1. The summed E-state index contributed by atoms with van der Waals surface area (Å²) in [5.74, 6) is 0.408. The molecule has 1 aromatic carbocycles. The molecule has 0 fully saturated rings. The van der Waals surface area contributed by atoms with Gasteiger partial charge in [0.25, 0.3) is 0 Å². The van der Waals surface area contributed by atoms with E-state index in [0.717, 1.165) is 0 Å². The van der Waals surface area contributed by atoms with Gasteiger partial charge < -0.3 is 0 Å². The van der Waals surface area contributed by atoms with Gasteiger partial charge in [0.15, 0.2) is 11.5 Å². The zero-order chi connectivity index (χ0) is 11.3. The van der Waals surface area contributed by atoms with Gasteiger partial charge in [-0.25, -0.2) is 4.85 Å². The number of alkyl halides is 2. The Morgan fingerprint density at radius 2 is 2.33 bits per heavy atom. The molecule has 1 unspecified atom stereocenters. The number of ketones is 1. The molecule has 0 saturated heterocycles. The molecule has 0 aromatic heterocycles. The Kier molecular flexibility index (Phi) is 4.80. The van der Waals surface area contributed by atoms with E-state index in [4.69, 9.17) is 18.2 Å². The van der Waals surface area contributed by atoms with Crippen molar-refractivity contribution in [1.82, 2.24) is 0 Å². The molecule has 0 aliphatic heterocycles. The van der Waals surface area contributed by atoms with Gasteiger partial charge in [-0.1, -0.05) is 34.1 Å². The molecule has 0 heterocycles. The van der Waals surface area contributed by atoms with Crippen LogP contribution in [-0.2, 0) is 0 Å². The van der Waals surface area contributed by atoms with Gasteiger partial charge in [0.2, 0.25) is 0 Å². The van der Waals surface area contributed by atoms with Crippen LogP contribution in [-0.4, -0.2) is 16.5 Å². The maximum absolute atomic E-state index is 11.8. The van der Waals surface area contributed by atoms with Crippen LogP contribution >= 0.6 is 27.5 Å². The second kappa shape index (κ2) is 5.89. The predicted molar refractivity (Wildman–Crippen MR) is 65.1 cm³/mol. The SMILES string of the molecule is [C-]#[N+]c1cccc(C(=O)C(Br)CCCl)c1. The lowest BCUT2D eigenvalue weighted by atomic mass is 10.1. The number of rotatable bonds is 4. The molecule has 1 rings (SSSR count). The molecule has 4 heteroatoms. The molecular formula is C11H9BrClNO. The summed E-state index contributed by atoms with van der Waals surface area (Å²) in [5.41, 5.74) is 1.03. The Balaban J connectivity index is 2.87. The van der Waals surface area contributed by atoms with Crippen LogP contribution in [0, 0.1) is 6.57 Å². The van der Waals surface area contributed by atoms with Crippen molar-refractivity contribution in [2.75, 3.05) is 5.88 Å². The van der Waals surface area contributed by atoms with Crippen molar-refractivity contribution < 1.29 is 4.79 Å². The van der Waals surface area contributed by atoms with Crippen molar-refractivity contribution >= 4 is 39.0 Å². The van der Waals surface area contributed by atoms with Gasteiger partial charge in [-0.15, -0.1) is 11.6 Å². The summed E-state index contributed by atoms with van der Waals surface area (Å²) in [6, 6.07) is 6.69. The minimum atomic E-state index is -0.268. The van der Waals surface area contributed by atoms with Crippen molar-refractivity contribution in [2.45, 2.75) is 11.2 Å². The van der Waals surface area contributed by atoms with Gasteiger partial charge in [0, 0.05) is 11.4 Å². The van der Waals surface area contributed by atoms with E-state index in [2.05, 4.69) is 20.8 Å². The first-order valence-electron chi connectivity index (χ1n) is 4.41. The molecular weight excluding hydrogens is 277 g/mol. The Hall–Kier alpha value is -0.850. The van der Waals surface area contributed by atoms with Gasteiger partial charge in [0.05, 0.1) is 11.4 Å². The van der Waals surface area contributed by atoms with Crippen molar-refractivity contribution in [2.24, 2.45) is 0 Å². The molecule has 0 saturated carbocycles. The summed E-state index contributed by atoms with van der Waals surface area (Å²) >= 11 is 8.83. The van der Waals surface area contributed by atoms with E-state index in [1.807, 2.05) is 0 Å². The number of Topliss-reactive ketones (excluding diaryl/α,β-unsaturated/α-hetero) is 1. The first-order valence-corrected chi connectivity index (χ1v) is 5.86. The minimum Gasteiger partial charge on any atom is -0.293 e. The maximum atomic E-state index is 11.8. The van der Waals surface area contributed by atoms with Crippen LogP contribution in [0.5, 0.6) is 0 Å². The van der Waals surface area contributed by atoms with E-state index in [1.165, 1.54) is 0 Å².